The minimum Gasteiger partial charge on any atom is -0.369 e. The maximum Gasteiger partial charge on any atom is 0.261 e. The summed E-state index contributed by atoms with van der Waals surface area (Å²) in [6.07, 6.45) is 3.88. The van der Waals surface area contributed by atoms with Crippen LogP contribution in [-0.4, -0.2) is 21.7 Å². The first-order valence-electron chi connectivity index (χ1n) is 7.92. The fourth-order valence-electron chi connectivity index (χ4n) is 2.90. The zero-order valence-electron chi connectivity index (χ0n) is 13.3. The summed E-state index contributed by atoms with van der Waals surface area (Å²) >= 11 is 0. The van der Waals surface area contributed by atoms with Crippen LogP contribution in [0.1, 0.15) is 24.2 Å². The van der Waals surface area contributed by atoms with Crippen LogP contribution < -0.4 is 5.32 Å². The van der Waals surface area contributed by atoms with Crippen LogP contribution in [0.3, 0.4) is 0 Å². The highest BCUT2D eigenvalue weighted by molar-refractivity contribution is 5.68. The monoisotopic (exact) mass is 324 g/mol. The van der Waals surface area contributed by atoms with Gasteiger partial charge >= 0.3 is 0 Å². The zero-order chi connectivity index (χ0) is 16.6. The van der Waals surface area contributed by atoms with E-state index in [9.17, 15) is 4.39 Å². The van der Waals surface area contributed by atoms with E-state index in [4.69, 9.17) is 4.52 Å². The number of benzene rings is 1. The number of halogens is 1. The number of aromatic nitrogens is 3. The Hall–Kier alpha value is -2.76. The highest BCUT2D eigenvalue weighted by atomic mass is 19.1. The maximum atomic E-state index is 13.1. The van der Waals surface area contributed by atoms with Crippen molar-refractivity contribution in [2.24, 2.45) is 0 Å². The molecule has 2 heterocycles. The summed E-state index contributed by atoms with van der Waals surface area (Å²) in [5, 5.41) is 7.24. The van der Waals surface area contributed by atoms with Crippen molar-refractivity contribution in [3.63, 3.8) is 0 Å². The quantitative estimate of drug-likeness (QED) is 0.775. The van der Waals surface area contributed by atoms with Crippen molar-refractivity contribution in [1.82, 2.24) is 15.1 Å². The lowest BCUT2D eigenvalue weighted by Crippen LogP contribution is -2.20. The molecule has 0 spiro atoms. The SMILES string of the molecule is Cc1noc(-c2cccnc2NCC2(c3ccc(F)cc3)CC2)n1. The highest BCUT2D eigenvalue weighted by Crippen LogP contribution is 2.48. The summed E-state index contributed by atoms with van der Waals surface area (Å²) in [6.45, 7) is 2.51. The molecule has 0 radical (unpaired) electrons. The number of hydrogen-bond acceptors (Lipinski definition) is 5. The second kappa shape index (κ2) is 5.70. The first-order chi connectivity index (χ1) is 11.7. The van der Waals surface area contributed by atoms with Gasteiger partial charge in [0, 0.05) is 18.2 Å². The van der Waals surface area contributed by atoms with E-state index in [2.05, 4.69) is 20.4 Å². The standard InChI is InChI=1S/C18H17FN4O/c1-12-22-17(24-23-12)15-3-2-10-20-16(15)21-11-18(8-9-18)13-4-6-14(19)7-5-13/h2-7,10H,8-9,11H2,1H3,(H,20,21). The van der Waals surface area contributed by atoms with Crippen LogP contribution in [0.2, 0.25) is 0 Å². The summed E-state index contributed by atoms with van der Waals surface area (Å²) < 4.78 is 18.4. The number of pyridine rings is 1. The van der Waals surface area contributed by atoms with E-state index in [1.807, 2.05) is 24.3 Å². The van der Waals surface area contributed by atoms with Gasteiger partial charge in [0.1, 0.15) is 11.6 Å². The Morgan fingerprint density at radius 1 is 1.21 bits per heavy atom. The first kappa shape index (κ1) is 14.8. The van der Waals surface area contributed by atoms with Gasteiger partial charge in [0.05, 0.1) is 5.56 Å². The number of nitrogens with zero attached hydrogens (tertiary/aromatic N) is 3. The number of hydrogen-bond donors (Lipinski definition) is 1. The van der Waals surface area contributed by atoms with Gasteiger partial charge in [-0.3, -0.25) is 0 Å². The Balaban J connectivity index is 1.55. The lowest BCUT2D eigenvalue weighted by Gasteiger charge is -2.18. The number of aryl methyl sites for hydroxylation is 1. The predicted molar refractivity (Wildman–Crippen MR) is 88.1 cm³/mol. The molecule has 0 amide bonds. The first-order valence-corrected chi connectivity index (χ1v) is 7.92. The summed E-state index contributed by atoms with van der Waals surface area (Å²) in [4.78, 5) is 8.67. The zero-order valence-corrected chi connectivity index (χ0v) is 13.3. The molecule has 0 atom stereocenters. The molecule has 5 nitrogen and oxygen atoms in total. The molecule has 0 unspecified atom stereocenters. The molecule has 1 aromatic carbocycles. The van der Waals surface area contributed by atoms with Crippen LogP contribution in [-0.2, 0) is 5.41 Å². The van der Waals surface area contributed by atoms with E-state index in [-0.39, 0.29) is 11.2 Å². The third kappa shape index (κ3) is 2.75. The normalized spacial score (nSPS) is 15.2. The third-order valence-corrected chi connectivity index (χ3v) is 4.47. The molecule has 1 aliphatic carbocycles. The number of nitrogens with one attached hydrogen (secondary N) is 1. The largest absolute Gasteiger partial charge is 0.369 e. The molecule has 6 heteroatoms. The maximum absolute atomic E-state index is 13.1. The molecule has 0 saturated heterocycles. The molecule has 1 aliphatic rings. The summed E-state index contributed by atoms with van der Waals surface area (Å²) in [6, 6.07) is 10.5. The second-order valence-corrected chi connectivity index (χ2v) is 6.19. The Labute approximate surface area is 138 Å². The number of rotatable bonds is 5. The minimum absolute atomic E-state index is 0.0489. The van der Waals surface area contributed by atoms with E-state index in [1.54, 1.807) is 13.1 Å². The molecule has 0 aliphatic heterocycles. The molecule has 4 rings (SSSR count). The Morgan fingerprint density at radius 3 is 2.67 bits per heavy atom. The molecule has 24 heavy (non-hydrogen) atoms. The van der Waals surface area contributed by atoms with Crippen molar-refractivity contribution in [1.29, 1.82) is 0 Å². The van der Waals surface area contributed by atoms with Crippen LogP contribution in [0.25, 0.3) is 11.5 Å². The summed E-state index contributed by atoms with van der Waals surface area (Å²) in [5.74, 6) is 1.55. The molecule has 2 aromatic heterocycles. The minimum atomic E-state index is -0.207. The molecular weight excluding hydrogens is 307 g/mol. The molecule has 1 N–H and O–H groups in total. The molecule has 1 saturated carbocycles. The van der Waals surface area contributed by atoms with Crippen molar-refractivity contribution >= 4 is 5.82 Å². The van der Waals surface area contributed by atoms with E-state index >= 15 is 0 Å². The summed E-state index contributed by atoms with van der Waals surface area (Å²) in [7, 11) is 0. The number of anilines is 1. The Bertz CT molecular complexity index is 855. The lowest BCUT2D eigenvalue weighted by atomic mass is 9.96. The third-order valence-electron chi connectivity index (χ3n) is 4.47. The average Bonchev–Trinajstić information content (AvgIpc) is 3.27. The van der Waals surface area contributed by atoms with Gasteiger partial charge in [-0.1, -0.05) is 17.3 Å². The van der Waals surface area contributed by atoms with Crippen molar-refractivity contribution in [2.75, 3.05) is 11.9 Å². The summed E-state index contributed by atoms with van der Waals surface area (Å²) in [5.41, 5.74) is 1.99. The van der Waals surface area contributed by atoms with Gasteiger partial charge in [0.25, 0.3) is 5.89 Å². The Morgan fingerprint density at radius 2 is 2.00 bits per heavy atom. The van der Waals surface area contributed by atoms with Crippen molar-refractivity contribution in [2.45, 2.75) is 25.2 Å². The second-order valence-electron chi connectivity index (χ2n) is 6.19. The van der Waals surface area contributed by atoms with Gasteiger partial charge < -0.3 is 9.84 Å². The van der Waals surface area contributed by atoms with Gasteiger partial charge in [-0.15, -0.1) is 0 Å². The van der Waals surface area contributed by atoms with Crippen LogP contribution >= 0.6 is 0 Å². The average molecular weight is 324 g/mol. The van der Waals surface area contributed by atoms with Gasteiger partial charge in [-0.25, -0.2) is 9.37 Å². The molecule has 1 fully saturated rings. The van der Waals surface area contributed by atoms with Crippen molar-refractivity contribution in [3.8, 4) is 11.5 Å². The topological polar surface area (TPSA) is 63.8 Å². The smallest absolute Gasteiger partial charge is 0.261 e. The van der Waals surface area contributed by atoms with Gasteiger partial charge in [-0.2, -0.15) is 4.98 Å². The Kier molecular flexibility index (Phi) is 3.52. The van der Waals surface area contributed by atoms with E-state index in [1.165, 1.54) is 12.1 Å². The van der Waals surface area contributed by atoms with E-state index in [0.717, 1.165) is 36.3 Å². The van der Waals surface area contributed by atoms with Crippen LogP contribution in [0.5, 0.6) is 0 Å². The molecular formula is C18H17FN4O. The van der Waals surface area contributed by atoms with Crippen molar-refractivity contribution in [3.05, 3.63) is 59.8 Å². The molecule has 122 valence electrons. The lowest BCUT2D eigenvalue weighted by molar-refractivity contribution is 0.425. The van der Waals surface area contributed by atoms with Gasteiger partial charge in [0.15, 0.2) is 5.82 Å². The highest BCUT2D eigenvalue weighted by Gasteiger charge is 2.44. The van der Waals surface area contributed by atoms with Crippen LogP contribution in [0.4, 0.5) is 10.2 Å². The van der Waals surface area contributed by atoms with Crippen molar-refractivity contribution < 1.29 is 8.91 Å². The van der Waals surface area contributed by atoms with Crippen LogP contribution in [0.15, 0.2) is 47.1 Å². The molecule has 3 aromatic rings. The van der Waals surface area contributed by atoms with Gasteiger partial charge in [0.2, 0.25) is 0 Å². The van der Waals surface area contributed by atoms with E-state index in [0.29, 0.717) is 11.7 Å². The predicted octanol–water partition coefficient (Wildman–Crippen LogP) is 3.72. The fraction of sp³-hybridized carbons (Fsp3) is 0.278. The fourth-order valence-corrected chi connectivity index (χ4v) is 2.90. The molecule has 0 bridgehead atoms. The van der Waals surface area contributed by atoms with Gasteiger partial charge in [-0.05, 0) is 49.6 Å². The van der Waals surface area contributed by atoms with Crippen LogP contribution in [0, 0.1) is 12.7 Å². The van der Waals surface area contributed by atoms with E-state index < -0.39 is 0 Å².